The fourth-order valence-electron chi connectivity index (χ4n) is 1.32. The highest BCUT2D eigenvalue weighted by Gasteiger charge is 2.36. The first kappa shape index (κ1) is 5.65. The second-order valence-electron chi connectivity index (χ2n) is 2.60. The number of hydrogen-bond acceptors (Lipinski definition) is 3. The number of aliphatic hydroxyl groups is 1. The van der Waals surface area contributed by atoms with Crippen molar-refractivity contribution in [1.29, 1.82) is 0 Å². The van der Waals surface area contributed by atoms with Gasteiger partial charge in [-0.2, -0.15) is 0 Å². The molecule has 52 valence electrons. The van der Waals surface area contributed by atoms with Crippen molar-refractivity contribution in [2.75, 3.05) is 6.61 Å². The minimum absolute atomic E-state index is 0.262. The van der Waals surface area contributed by atoms with Crippen LogP contribution in [0.4, 0.5) is 0 Å². The van der Waals surface area contributed by atoms with Gasteiger partial charge in [0.25, 0.3) is 0 Å². The molecule has 0 amide bonds. The third-order valence-corrected chi connectivity index (χ3v) is 1.87. The van der Waals surface area contributed by atoms with Crippen molar-refractivity contribution in [3.05, 3.63) is 0 Å². The lowest BCUT2D eigenvalue weighted by Crippen LogP contribution is -2.32. The zero-order valence-electron chi connectivity index (χ0n) is 5.12. The van der Waals surface area contributed by atoms with E-state index in [2.05, 4.69) is 0 Å². The van der Waals surface area contributed by atoms with E-state index < -0.39 is 0 Å². The van der Waals surface area contributed by atoms with Gasteiger partial charge in [0.1, 0.15) is 6.10 Å². The molecule has 2 aliphatic heterocycles. The van der Waals surface area contributed by atoms with Gasteiger partial charge in [-0.15, -0.1) is 0 Å². The lowest BCUT2D eigenvalue weighted by Gasteiger charge is -2.22. The molecule has 1 N–H and O–H groups in total. The van der Waals surface area contributed by atoms with Gasteiger partial charge in [0, 0.05) is 0 Å². The fraction of sp³-hybridized carbons (Fsp3) is 1.00. The maximum atomic E-state index is 9.15. The zero-order valence-corrected chi connectivity index (χ0v) is 5.12. The molecule has 2 aliphatic rings. The topological polar surface area (TPSA) is 38.7 Å². The van der Waals surface area contributed by atoms with Crippen LogP contribution in [0.1, 0.15) is 12.8 Å². The van der Waals surface area contributed by atoms with Crippen molar-refractivity contribution >= 4 is 0 Å². The van der Waals surface area contributed by atoms with E-state index in [1.165, 1.54) is 0 Å². The van der Waals surface area contributed by atoms with Gasteiger partial charge in [-0.3, -0.25) is 0 Å². The van der Waals surface area contributed by atoms with Gasteiger partial charge >= 0.3 is 0 Å². The van der Waals surface area contributed by atoms with Crippen molar-refractivity contribution in [2.45, 2.75) is 31.3 Å². The van der Waals surface area contributed by atoms with Crippen LogP contribution in [0.15, 0.2) is 0 Å². The van der Waals surface area contributed by atoms with Gasteiger partial charge in [-0.25, -0.2) is 0 Å². The molecule has 0 spiro atoms. The van der Waals surface area contributed by atoms with Crippen molar-refractivity contribution < 1.29 is 14.6 Å². The first-order valence-electron chi connectivity index (χ1n) is 3.31. The number of rotatable bonds is 0. The van der Waals surface area contributed by atoms with Crippen LogP contribution in [0.2, 0.25) is 0 Å². The molecular formula is C6H10O3. The van der Waals surface area contributed by atoms with Crippen molar-refractivity contribution in [2.24, 2.45) is 0 Å². The van der Waals surface area contributed by atoms with Gasteiger partial charge in [-0.05, 0) is 12.8 Å². The third-order valence-electron chi connectivity index (χ3n) is 1.87. The molecule has 0 aromatic rings. The Kier molecular flexibility index (Phi) is 1.22. The van der Waals surface area contributed by atoms with Crippen LogP contribution in [0, 0.1) is 0 Å². The molecule has 0 aromatic carbocycles. The zero-order chi connectivity index (χ0) is 6.27. The van der Waals surface area contributed by atoms with E-state index in [-0.39, 0.29) is 18.5 Å². The molecule has 2 fully saturated rings. The quantitative estimate of drug-likeness (QED) is 0.497. The maximum Gasteiger partial charge on any atom is 0.183 e. The van der Waals surface area contributed by atoms with Crippen molar-refractivity contribution in [1.82, 2.24) is 0 Å². The number of ether oxygens (including phenoxy) is 2. The van der Waals surface area contributed by atoms with Crippen LogP contribution in [-0.4, -0.2) is 30.2 Å². The summed E-state index contributed by atoms with van der Waals surface area (Å²) in [6.07, 6.45) is 1.33. The first-order valence-corrected chi connectivity index (χ1v) is 3.31. The number of aliphatic hydroxyl groups excluding tert-OH is 1. The van der Waals surface area contributed by atoms with Gasteiger partial charge in [-0.1, -0.05) is 0 Å². The van der Waals surface area contributed by atoms with Crippen LogP contribution >= 0.6 is 0 Å². The average Bonchev–Trinajstić information content (AvgIpc) is 2.25. The minimum atomic E-state index is -0.385. The van der Waals surface area contributed by atoms with Gasteiger partial charge in [0.15, 0.2) is 6.29 Å². The summed E-state index contributed by atoms with van der Waals surface area (Å²) >= 11 is 0. The molecule has 2 saturated heterocycles. The average molecular weight is 130 g/mol. The summed E-state index contributed by atoms with van der Waals surface area (Å²) in [6, 6.07) is 0. The standard InChI is InChI=1S/C6H10O3/c7-5-2-1-4-3-8-6(5)9-4/h4-7H,1-3H2/t4?,5-,6?/m0/s1. The molecule has 0 aromatic heterocycles. The highest BCUT2D eigenvalue weighted by Crippen LogP contribution is 2.26. The number of hydrogen-bond donors (Lipinski definition) is 1. The molecular weight excluding hydrogens is 120 g/mol. The summed E-state index contributed by atoms with van der Waals surface area (Å²) in [6.45, 7) is 0.668. The predicted octanol–water partition coefficient (Wildman–Crippen LogP) is -0.117. The SMILES string of the molecule is O[C@H]1CCC2COC1O2. The molecule has 2 bridgehead atoms. The molecule has 2 rings (SSSR count). The summed E-state index contributed by atoms with van der Waals surface area (Å²) in [4.78, 5) is 0. The van der Waals surface area contributed by atoms with Crippen molar-refractivity contribution in [3.63, 3.8) is 0 Å². The largest absolute Gasteiger partial charge is 0.388 e. The van der Waals surface area contributed by atoms with Crippen LogP contribution in [0.3, 0.4) is 0 Å². The summed E-state index contributed by atoms with van der Waals surface area (Å²) in [5.41, 5.74) is 0. The molecule has 3 nitrogen and oxygen atoms in total. The highest BCUT2D eigenvalue weighted by atomic mass is 16.7. The normalized spacial score (nSPS) is 49.7. The molecule has 3 atom stereocenters. The Morgan fingerprint density at radius 2 is 2.22 bits per heavy atom. The maximum absolute atomic E-state index is 9.15. The third kappa shape index (κ3) is 0.852. The summed E-state index contributed by atoms with van der Waals surface area (Å²) < 4.78 is 10.4. The Bertz CT molecular complexity index is 115. The lowest BCUT2D eigenvalue weighted by atomic mass is 10.1. The van der Waals surface area contributed by atoms with E-state index >= 15 is 0 Å². The molecule has 2 unspecified atom stereocenters. The summed E-state index contributed by atoms with van der Waals surface area (Å²) in [5.74, 6) is 0. The monoisotopic (exact) mass is 130 g/mol. The Balaban J connectivity index is 2.05. The Morgan fingerprint density at radius 3 is 3.00 bits per heavy atom. The van der Waals surface area contributed by atoms with Crippen LogP contribution < -0.4 is 0 Å². The molecule has 9 heavy (non-hydrogen) atoms. The fourth-order valence-corrected chi connectivity index (χ4v) is 1.32. The molecule has 0 radical (unpaired) electrons. The van der Waals surface area contributed by atoms with Crippen molar-refractivity contribution in [3.8, 4) is 0 Å². The Hall–Kier alpha value is -0.120. The van der Waals surface area contributed by atoms with Gasteiger partial charge in [0.05, 0.1) is 12.7 Å². The summed E-state index contributed by atoms with van der Waals surface area (Å²) in [5, 5.41) is 9.15. The number of fused-ring (bicyclic) bond motifs is 2. The van der Waals surface area contributed by atoms with E-state index in [1.54, 1.807) is 0 Å². The van der Waals surface area contributed by atoms with Crippen LogP contribution in [0.25, 0.3) is 0 Å². The minimum Gasteiger partial charge on any atom is -0.388 e. The second kappa shape index (κ2) is 1.94. The van der Waals surface area contributed by atoms with Gasteiger partial charge < -0.3 is 14.6 Å². The Labute approximate surface area is 53.6 Å². The Morgan fingerprint density at radius 1 is 1.33 bits per heavy atom. The molecule has 3 heteroatoms. The van der Waals surface area contributed by atoms with E-state index in [0.29, 0.717) is 6.61 Å². The first-order chi connectivity index (χ1) is 4.36. The molecule has 0 saturated carbocycles. The van der Waals surface area contributed by atoms with E-state index in [9.17, 15) is 0 Å². The van der Waals surface area contributed by atoms with Crippen LogP contribution in [-0.2, 0) is 9.47 Å². The van der Waals surface area contributed by atoms with Crippen LogP contribution in [0.5, 0.6) is 0 Å². The van der Waals surface area contributed by atoms with E-state index in [4.69, 9.17) is 14.6 Å². The van der Waals surface area contributed by atoms with E-state index in [0.717, 1.165) is 12.8 Å². The smallest absolute Gasteiger partial charge is 0.183 e. The lowest BCUT2D eigenvalue weighted by molar-refractivity contribution is -0.152. The second-order valence-corrected chi connectivity index (χ2v) is 2.60. The molecule has 2 heterocycles. The van der Waals surface area contributed by atoms with E-state index in [1.807, 2.05) is 0 Å². The molecule has 0 aliphatic carbocycles. The van der Waals surface area contributed by atoms with Gasteiger partial charge in [0.2, 0.25) is 0 Å². The predicted molar refractivity (Wildman–Crippen MR) is 29.9 cm³/mol. The summed E-state index contributed by atoms with van der Waals surface area (Å²) in [7, 11) is 0. The highest BCUT2D eigenvalue weighted by molar-refractivity contribution is 4.77.